The smallest absolute Gasteiger partial charge is 0.326 e. The van der Waals surface area contributed by atoms with Crippen LogP contribution < -0.4 is 4.72 Å². The molecule has 0 unspecified atom stereocenters. The Labute approximate surface area is 96.1 Å². The number of carbonyl (C=O) groups excluding carboxylic acids is 1. The number of hydrogen-bond donors (Lipinski definition) is 1. The van der Waals surface area contributed by atoms with Crippen molar-refractivity contribution in [3.63, 3.8) is 0 Å². The summed E-state index contributed by atoms with van der Waals surface area (Å²) in [6.45, 7) is 3.97. The van der Waals surface area contributed by atoms with Gasteiger partial charge in [-0.3, -0.25) is 4.79 Å². The zero-order valence-corrected chi connectivity index (χ0v) is 10.6. The van der Waals surface area contributed by atoms with Crippen molar-refractivity contribution >= 4 is 16.2 Å². The van der Waals surface area contributed by atoms with E-state index in [1.165, 1.54) is 25.3 Å². The standard InChI is InChI=1S/C9H18N2O4S/c1-9(2,8(12)15-3)10-16(13,14)11-6-4-5-7-11/h10H,4-7H2,1-3H3. The van der Waals surface area contributed by atoms with Gasteiger partial charge in [-0.05, 0) is 26.7 Å². The van der Waals surface area contributed by atoms with Crippen LogP contribution in [0.15, 0.2) is 0 Å². The van der Waals surface area contributed by atoms with Gasteiger partial charge in [-0.1, -0.05) is 0 Å². The number of nitrogens with one attached hydrogen (secondary N) is 1. The van der Waals surface area contributed by atoms with Gasteiger partial charge in [-0.2, -0.15) is 17.4 Å². The summed E-state index contributed by atoms with van der Waals surface area (Å²) in [6, 6.07) is 0. The van der Waals surface area contributed by atoms with Crippen LogP contribution in [0.1, 0.15) is 26.7 Å². The topological polar surface area (TPSA) is 75.7 Å². The fourth-order valence-electron chi connectivity index (χ4n) is 1.61. The summed E-state index contributed by atoms with van der Waals surface area (Å²) < 4.78 is 32.0. The van der Waals surface area contributed by atoms with Crippen molar-refractivity contribution in [1.29, 1.82) is 0 Å². The van der Waals surface area contributed by atoms with Crippen LogP contribution in [0, 0.1) is 0 Å². The molecule has 0 aromatic carbocycles. The minimum Gasteiger partial charge on any atom is -0.468 e. The lowest BCUT2D eigenvalue weighted by atomic mass is 10.1. The SMILES string of the molecule is COC(=O)C(C)(C)NS(=O)(=O)N1CCCC1. The van der Waals surface area contributed by atoms with Gasteiger partial charge in [0.25, 0.3) is 10.2 Å². The molecule has 6 nitrogen and oxygen atoms in total. The molecule has 0 aromatic heterocycles. The minimum atomic E-state index is -3.59. The van der Waals surface area contributed by atoms with Crippen molar-refractivity contribution in [2.45, 2.75) is 32.2 Å². The van der Waals surface area contributed by atoms with Crippen molar-refractivity contribution in [2.75, 3.05) is 20.2 Å². The van der Waals surface area contributed by atoms with E-state index >= 15 is 0 Å². The van der Waals surface area contributed by atoms with E-state index in [9.17, 15) is 13.2 Å². The maximum atomic E-state index is 11.9. The third-order valence-corrected chi connectivity index (χ3v) is 4.30. The zero-order chi connectivity index (χ0) is 12.4. The summed E-state index contributed by atoms with van der Waals surface area (Å²) in [5.41, 5.74) is -1.24. The van der Waals surface area contributed by atoms with Crippen molar-refractivity contribution in [2.24, 2.45) is 0 Å². The molecule has 0 aromatic rings. The van der Waals surface area contributed by atoms with Gasteiger partial charge in [-0.15, -0.1) is 0 Å². The molecule has 16 heavy (non-hydrogen) atoms. The first-order chi connectivity index (χ1) is 7.29. The Hall–Kier alpha value is -0.660. The molecule has 94 valence electrons. The number of nitrogens with zero attached hydrogens (tertiary/aromatic N) is 1. The Morgan fingerprint density at radius 3 is 2.25 bits per heavy atom. The van der Waals surface area contributed by atoms with Crippen LogP contribution in [0.3, 0.4) is 0 Å². The Bertz CT molecular complexity index is 358. The molecule has 0 aliphatic carbocycles. The molecule has 0 radical (unpaired) electrons. The molecular formula is C9H18N2O4S. The molecule has 0 bridgehead atoms. The van der Waals surface area contributed by atoms with Gasteiger partial charge in [0.1, 0.15) is 5.54 Å². The highest BCUT2D eigenvalue weighted by Gasteiger charge is 2.36. The molecule has 0 atom stereocenters. The third kappa shape index (κ3) is 2.93. The normalized spacial score (nSPS) is 18.7. The Balaban J connectivity index is 2.75. The number of methoxy groups -OCH3 is 1. The Kier molecular flexibility index (Phi) is 3.92. The van der Waals surface area contributed by atoms with Gasteiger partial charge < -0.3 is 4.74 Å². The third-order valence-electron chi connectivity index (χ3n) is 2.48. The van der Waals surface area contributed by atoms with Gasteiger partial charge in [0.05, 0.1) is 7.11 Å². The molecule has 1 aliphatic rings. The first kappa shape index (κ1) is 13.4. The van der Waals surface area contributed by atoms with Crippen molar-refractivity contribution in [3.8, 4) is 0 Å². The maximum Gasteiger partial charge on any atom is 0.326 e. The molecule has 1 fully saturated rings. The largest absolute Gasteiger partial charge is 0.468 e. The van der Waals surface area contributed by atoms with Crippen LogP contribution in [0.4, 0.5) is 0 Å². The maximum absolute atomic E-state index is 11.9. The predicted octanol–water partition coefficient (Wildman–Crippen LogP) is -0.132. The summed E-state index contributed by atoms with van der Waals surface area (Å²) in [4.78, 5) is 11.4. The average Bonchev–Trinajstić information content (AvgIpc) is 2.68. The van der Waals surface area contributed by atoms with Gasteiger partial charge >= 0.3 is 5.97 Å². The summed E-state index contributed by atoms with van der Waals surface area (Å²) >= 11 is 0. The van der Waals surface area contributed by atoms with E-state index in [0.717, 1.165) is 12.8 Å². The van der Waals surface area contributed by atoms with Crippen LogP contribution in [0.25, 0.3) is 0 Å². The lowest BCUT2D eigenvalue weighted by Gasteiger charge is -2.26. The number of rotatable bonds is 4. The number of esters is 1. The fourth-order valence-corrected chi connectivity index (χ4v) is 3.21. The summed E-state index contributed by atoms with van der Waals surface area (Å²) in [5, 5.41) is 0. The first-order valence-electron chi connectivity index (χ1n) is 5.17. The summed E-state index contributed by atoms with van der Waals surface area (Å²) in [7, 11) is -2.36. The monoisotopic (exact) mass is 250 g/mol. The molecule has 1 aliphatic heterocycles. The van der Waals surface area contributed by atoms with E-state index in [0.29, 0.717) is 13.1 Å². The quantitative estimate of drug-likeness (QED) is 0.705. The molecule has 0 amide bonds. The Morgan fingerprint density at radius 1 is 1.31 bits per heavy atom. The van der Waals surface area contributed by atoms with Gasteiger partial charge in [0.15, 0.2) is 0 Å². The second-order valence-electron chi connectivity index (χ2n) is 4.33. The van der Waals surface area contributed by atoms with Crippen LogP contribution in [-0.4, -0.2) is 44.4 Å². The lowest BCUT2D eigenvalue weighted by Crippen LogP contribution is -2.54. The van der Waals surface area contributed by atoms with Crippen LogP contribution in [-0.2, 0) is 19.7 Å². The fraction of sp³-hybridized carbons (Fsp3) is 0.889. The molecule has 7 heteroatoms. The summed E-state index contributed by atoms with van der Waals surface area (Å²) in [6.07, 6.45) is 1.72. The second kappa shape index (κ2) is 4.68. The van der Waals surface area contributed by atoms with E-state index < -0.39 is 21.7 Å². The van der Waals surface area contributed by atoms with Crippen molar-refractivity contribution in [3.05, 3.63) is 0 Å². The summed E-state index contributed by atoms with van der Waals surface area (Å²) in [5.74, 6) is -0.602. The number of carbonyl (C=O) groups is 1. The van der Waals surface area contributed by atoms with Gasteiger partial charge in [0.2, 0.25) is 0 Å². The highest BCUT2D eigenvalue weighted by molar-refractivity contribution is 7.87. The molecule has 0 spiro atoms. The predicted molar refractivity (Wildman–Crippen MR) is 59.0 cm³/mol. The van der Waals surface area contributed by atoms with E-state index in [-0.39, 0.29) is 0 Å². The zero-order valence-electron chi connectivity index (χ0n) is 9.82. The van der Waals surface area contributed by atoms with E-state index in [2.05, 4.69) is 9.46 Å². The highest BCUT2D eigenvalue weighted by Crippen LogP contribution is 2.15. The van der Waals surface area contributed by atoms with Crippen LogP contribution >= 0.6 is 0 Å². The number of ether oxygens (including phenoxy) is 1. The highest BCUT2D eigenvalue weighted by atomic mass is 32.2. The molecule has 1 heterocycles. The number of hydrogen-bond acceptors (Lipinski definition) is 4. The van der Waals surface area contributed by atoms with Gasteiger partial charge in [-0.25, -0.2) is 0 Å². The molecule has 1 N–H and O–H groups in total. The second-order valence-corrected chi connectivity index (χ2v) is 6.00. The average molecular weight is 250 g/mol. The van der Waals surface area contributed by atoms with Crippen molar-refractivity contribution < 1.29 is 17.9 Å². The van der Waals surface area contributed by atoms with E-state index in [1.54, 1.807) is 0 Å². The molecule has 1 saturated heterocycles. The first-order valence-corrected chi connectivity index (χ1v) is 6.61. The van der Waals surface area contributed by atoms with Crippen LogP contribution in [0.5, 0.6) is 0 Å². The molecule has 0 saturated carbocycles. The minimum absolute atomic E-state index is 0.507. The van der Waals surface area contributed by atoms with E-state index in [4.69, 9.17) is 0 Å². The molecule has 1 rings (SSSR count). The van der Waals surface area contributed by atoms with E-state index in [1.807, 2.05) is 0 Å². The van der Waals surface area contributed by atoms with Gasteiger partial charge in [0, 0.05) is 13.1 Å². The molecular weight excluding hydrogens is 232 g/mol. The van der Waals surface area contributed by atoms with Crippen LogP contribution in [0.2, 0.25) is 0 Å². The Morgan fingerprint density at radius 2 is 1.81 bits per heavy atom. The van der Waals surface area contributed by atoms with Crippen molar-refractivity contribution in [1.82, 2.24) is 9.03 Å². The lowest BCUT2D eigenvalue weighted by molar-refractivity contribution is -0.146.